The van der Waals surface area contributed by atoms with Crippen LogP contribution >= 0.6 is 22.7 Å². The number of rotatable bonds is 2. The highest BCUT2D eigenvalue weighted by Crippen LogP contribution is 2.48. The Balaban J connectivity index is 1.62. The standard InChI is InChI=1S/C18H14N2OS2/c1-2-6-15-12(5-1)14-11-13(16-7-3-9-22-16)19-20(14)18(21-15)17-8-4-10-23-17/h1-10,14,18H,11H2/t14-,18+/m1/s1. The zero-order valence-corrected chi connectivity index (χ0v) is 13.9. The van der Waals surface area contributed by atoms with Crippen molar-refractivity contribution >= 4 is 28.4 Å². The van der Waals surface area contributed by atoms with Crippen LogP contribution in [-0.2, 0) is 0 Å². The Kier molecular flexibility index (Phi) is 3.02. The van der Waals surface area contributed by atoms with Crippen molar-refractivity contribution < 1.29 is 4.74 Å². The van der Waals surface area contributed by atoms with Crippen LogP contribution in [0.1, 0.15) is 34.0 Å². The molecule has 3 nitrogen and oxygen atoms in total. The van der Waals surface area contributed by atoms with E-state index in [0.717, 1.165) is 17.9 Å². The first-order valence-electron chi connectivity index (χ1n) is 7.59. The molecule has 0 aliphatic carbocycles. The number of thiophene rings is 2. The van der Waals surface area contributed by atoms with Gasteiger partial charge in [0.25, 0.3) is 0 Å². The molecule has 5 rings (SSSR count). The molecule has 0 N–H and O–H groups in total. The summed E-state index contributed by atoms with van der Waals surface area (Å²) >= 11 is 3.47. The minimum Gasteiger partial charge on any atom is -0.464 e. The summed E-state index contributed by atoms with van der Waals surface area (Å²) in [6.07, 6.45) is 0.801. The molecule has 3 aromatic rings. The van der Waals surface area contributed by atoms with Gasteiger partial charge in [0, 0.05) is 12.0 Å². The van der Waals surface area contributed by atoms with Gasteiger partial charge in [-0.15, -0.1) is 22.7 Å². The number of hydrazone groups is 1. The van der Waals surface area contributed by atoms with E-state index in [0.29, 0.717) is 0 Å². The van der Waals surface area contributed by atoms with E-state index in [-0.39, 0.29) is 12.3 Å². The first-order chi connectivity index (χ1) is 11.4. The van der Waals surface area contributed by atoms with Crippen molar-refractivity contribution in [2.24, 2.45) is 5.10 Å². The van der Waals surface area contributed by atoms with Crippen molar-refractivity contribution in [2.75, 3.05) is 0 Å². The highest BCUT2D eigenvalue weighted by molar-refractivity contribution is 7.12. The Bertz CT molecular complexity index is 855. The molecule has 0 saturated heterocycles. The van der Waals surface area contributed by atoms with E-state index in [1.807, 2.05) is 6.07 Å². The number of para-hydroxylation sites is 1. The van der Waals surface area contributed by atoms with Gasteiger partial charge in [0.2, 0.25) is 6.23 Å². The van der Waals surface area contributed by atoms with Crippen LogP contribution in [0.15, 0.2) is 64.4 Å². The van der Waals surface area contributed by atoms with Gasteiger partial charge < -0.3 is 4.74 Å². The lowest BCUT2D eigenvalue weighted by molar-refractivity contribution is -0.0165. The fourth-order valence-corrected chi connectivity index (χ4v) is 4.71. The molecule has 0 bridgehead atoms. The monoisotopic (exact) mass is 338 g/mol. The van der Waals surface area contributed by atoms with E-state index < -0.39 is 0 Å². The number of hydrogen-bond donors (Lipinski definition) is 0. The number of hydrogen-bond acceptors (Lipinski definition) is 5. The quantitative estimate of drug-likeness (QED) is 0.653. The molecule has 0 spiro atoms. The summed E-state index contributed by atoms with van der Waals surface area (Å²) in [5.74, 6) is 0.981. The van der Waals surface area contributed by atoms with Crippen molar-refractivity contribution in [1.82, 2.24) is 5.01 Å². The first kappa shape index (κ1) is 13.3. The second-order valence-electron chi connectivity index (χ2n) is 5.65. The molecular weight excluding hydrogens is 324 g/mol. The minimum atomic E-state index is -0.132. The van der Waals surface area contributed by atoms with Crippen LogP contribution < -0.4 is 4.74 Å². The second-order valence-corrected chi connectivity index (χ2v) is 7.57. The molecule has 114 valence electrons. The third-order valence-electron chi connectivity index (χ3n) is 4.29. The van der Waals surface area contributed by atoms with Gasteiger partial charge in [0.05, 0.1) is 21.5 Å². The van der Waals surface area contributed by atoms with Gasteiger partial charge in [-0.2, -0.15) is 5.10 Å². The van der Waals surface area contributed by atoms with Crippen LogP contribution in [0.5, 0.6) is 5.75 Å². The number of fused-ring (bicyclic) bond motifs is 3. The third-order valence-corrected chi connectivity index (χ3v) is 6.11. The lowest BCUT2D eigenvalue weighted by atomic mass is 9.98. The summed E-state index contributed by atoms with van der Waals surface area (Å²) in [5, 5.41) is 11.3. The Morgan fingerprint density at radius 2 is 1.87 bits per heavy atom. The predicted octanol–water partition coefficient (Wildman–Crippen LogP) is 5.05. The molecule has 2 aliphatic heterocycles. The van der Waals surface area contributed by atoms with Crippen LogP contribution in [-0.4, -0.2) is 10.7 Å². The summed E-state index contributed by atoms with van der Waals surface area (Å²) in [6.45, 7) is 0. The molecule has 4 heterocycles. The average Bonchev–Trinajstić information content (AvgIpc) is 3.34. The van der Waals surface area contributed by atoms with Crippen molar-refractivity contribution in [3.63, 3.8) is 0 Å². The van der Waals surface area contributed by atoms with Crippen LogP contribution in [0.25, 0.3) is 0 Å². The largest absolute Gasteiger partial charge is 0.464 e. The Hall–Kier alpha value is -2.11. The van der Waals surface area contributed by atoms with Crippen LogP contribution in [0, 0.1) is 0 Å². The molecule has 2 aliphatic rings. The van der Waals surface area contributed by atoms with Crippen molar-refractivity contribution in [1.29, 1.82) is 0 Å². The lowest BCUT2D eigenvalue weighted by Crippen LogP contribution is -2.33. The highest BCUT2D eigenvalue weighted by Gasteiger charge is 2.41. The van der Waals surface area contributed by atoms with Crippen LogP contribution in [0.4, 0.5) is 0 Å². The lowest BCUT2D eigenvalue weighted by Gasteiger charge is -2.37. The van der Waals surface area contributed by atoms with Crippen molar-refractivity contribution in [3.05, 3.63) is 74.6 Å². The van der Waals surface area contributed by atoms with E-state index in [9.17, 15) is 0 Å². The smallest absolute Gasteiger partial charge is 0.222 e. The Morgan fingerprint density at radius 3 is 2.70 bits per heavy atom. The van der Waals surface area contributed by atoms with E-state index in [4.69, 9.17) is 9.84 Å². The van der Waals surface area contributed by atoms with Gasteiger partial charge in [-0.3, -0.25) is 0 Å². The van der Waals surface area contributed by atoms with Gasteiger partial charge in [-0.1, -0.05) is 30.3 Å². The molecule has 0 saturated carbocycles. The maximum atomic E-state index is 6.29. The number of benzene rings is 1. The molecule has 0 radical (unpaired) electrons. The normalized spacial score (nSPS) is 22.3. The maximum Gasteiger partial charge on any atom is 0.222 e. The van der Waals surface area contributed by atoms with E-state index in [1.54, 1.807) is 22.7 Å². The fourth-order valence-electron chi connectivity index (χ4n) is 3.25. The molecule has 0 fully saturated rings. The van der Waals surface area contributed by atoms with Crippen molar-refractivity contribution in [2.45, 2.75) is 18.7 Å². The van der Waals surface area contributed by atoms with Gasteiger partial charge >= 0.3 is 0 Å². The van der Waals surface area contributed by atoms with Crippen LogP contribution in [0.3, 0.4) is 0 Å². The summed E-state index contributed by atoms with van der Waals surface area (Å²) in [6, 6.07) is 17.0. The van der Waals surface area contributed by atoms with Gasteiger partial charge in [-0.05, 0) is 29.0 Å². The van der Waals surface area contributed by atoms with E-state index in [2.05, 4.69) is 58.2 Å². The maximum absolute atomic E-state index is 6.29. The predicted molar refractivity (Wildman–Crippen MR) is 94.2 cm³/mol. The molecule has 2 atom stereocenters. The molecule has 1 aromatic carbocycles. The highest BCUT2D eigenvalue weighted by atomic mass is 32.1. The molecule has 0 amide bonds. The topological polar surface area (TPSA) is 24.8 Å². The number of ether oxygens (including phenoxy) is 1. The average molecular weight is 338 g/mol. The molecule has 0 unspecified atom stereocenters. The molecule has 5 heteroatoms. The second kappa shape index (κ2) is 5.22. The minimum absolute atomic E-state index is 0.132. The zero-order chi connectivity index (χ0) is 15.2. The Labute approximate surface area is 142 Å². The summed E-state index contributed by atoms with van der Waals surface area (Å²) in [4.78, 5) is 2.45. The molecule has 2 aromatic heterocycles. The van der Waals surface area contributed by atoms with Crippen molar-refractivity contribution in [3.8, 4) is 5.75 Å². The summed E-state index contributed by atoms with van der Waals surface area (Å²) in [5.41, 5.74) is 2.39. The summed E-state index contributed by atoms with van der Waals surface area (Å²) < 4.78 is 6.29. The third kappa shape index (κ3) is 2.11. The molecule has 23 heavy (non-hydrogen) atoms. The van der Waals surface area contributed by atoms with E-state index in [1.165, 1.54) is 15.3 Å². The van der Waals surface area contributed by atoms with Gasteiger partial charge in [0.15, 0.2) is 0 Å². The Morgan fingerprint density at radius 1 is 1.00 bits per heavy atom. The zero-order valence-electron chi connectivity index (χ0n) is 12.3. The number of nitrogens with zero attached hydrogens (tertiary/aromatic N) is 2. The van der Waals surface area contributed by atoms with Gasteiger partial charge in [0.1, 0.15) is 5.75 Å². The first-order valence-corrected chi connectivity index (χ1v) is 9.35. The van der Waals surface area contributed by atoms with Gasteiger partial charge in [-0.25, -0.2) is 5.01 Å². The molecular formula is C18H14N2OS2. The SMILES string of the molecule is c1csc(C2=NN3[C@H](C2)c2ccccc2O[C@H]3c2cccs2)c1. The summed E-state index contributed by atoms with van der Waals surface area (Å²) in [7, 11) is 0. The van der Waals surface area contributed by atoms with Crippen LogP contribution in [0.2, 0.25) is 0 Å². The van der Waals surface area contributed by atoms with E-state index >= 15 is 0 Å². The fraction of sp³-hybridized carbons (Fsp3) is 0.167.